The fraction of sp³-hybridized carbons (Fsp3) is 0.636. The molecule has 0 radical (unpaired) electrons. The van der Waals surface area contributed by atoms with Gasteiger partial charge in [0, 0.05) is 19.1 Å². The van der Waals surface area contributed by atoms with E-state index in [4.69, 9.17) is 16.9 Å². The van der Waals surface area contributed by atoms with E-state index in [1.807, 2.05) is 25.7 Å². The highest BCUT2D eigenvalue weighted by molar-refractivity contribution is 6.28. The minimum atomic E-state index is -0.202. The molecule has 0 atom stereocenters. The number of hydrogen-bond donors (Lipinski definition) is 1. The van der Waals surface area contributed by atoms with Crippen molar-refractivity contribution < 1.29 is 0 Å². The van der Waals surface area contributed by atoms with Crippen LogP contribution in [-0.4, -0.2) is 34.1 Å². The molecular formula is C11H17ClN6. The number of aromatic nitrogens is 3. The molecule has 0 bridgehead atoms. The van der Waals surface area contributed by atoms with Gasteiger partial charge in [-0.3, -0.25) is 0 Å². The molecule has 1 rings (SSSR count). The first kappa shape index (κ1) is 14.5. The van der Waals surface area contributed by atoms with Gasteiger partial charge in [0.25, 0.3) is 0 Å². The van der Waals surface area contributed by atoms with E-state index in [1.54, 1.807) is 7.05 Å². The van der Waals surface area contributed by atoms with Crippen LogP contribution in [0.25, 0.3) is 0 Å². The summed E-state index contributed by atoms with van der Waals surface area (Å²) in [6.45, 7) is 6.63. The number of nitrogens with zero attached hydrogens (tertiary/aromatic N) is 5. The third-order valence-electron chi connectivity index (χ3n) is 2.32. The van der Waals surface area contributed by atoms with Gasteiger partial charge in [-0.05, 0) is 32.4 Å². The van der Waals surface area contributed by atoms with Crippen molar-refractivity contribution in [3.63, 3.8) is 0 Å². The summed E-state index contributed by atoms with van der Waals surface area (Å²) in [5.74, 6) is 0.887. The Morgan fingerprint density at radius 2 is 2.00 bits per heavy atom. The Kier molecular flexibility index (Phi) is 4.68. The summed E-state index contributed by atoms with van der Waals surface area (Å²) in [6, 6.07) is 2.12. The smallest absolute Gasteiger partial charge is 0.231 e. The fourth-order valence-corrected chi connectivity index (χ4v) is 1.63. The molecule has 1 heterocycles. The second-order valence-electron chi connectivity index (χ2n) is 4.71. The van der Waals surface area contributed by atoms with E-state index in [9.17, 15) is 0 Å². The van der Waals surface area contributed by atoms with Crippen molar-refractivity contribution in [1.82, 2.24) is 15.0 Å². The van der Waals surface area contributed by atoms with Crippen LogP contribution in [0.3, 0.4) is 0 Å². The van der Waals surface area contributed by atoms with Crippen LogP contribution in [0.4, 0.5) is 11.9 Å². The molecule has 0 aliphatic heterocycles. The minimum absolute atomic E-state index is 0.135. The first-order valence-corrected chi connectivity index (χ1v) is 6.00. The largest absolute Gasteiger partial charge is 0.357 e. The molecule has 0 aliphatic carbocycles. The summed E-state index contributed by atoms with van der Waals surface area (Å²) in [6.07, 6.45) is 0.398. The van der Waals surface area contributed by atoms with Gasteiger partial charge in [-0.25, -0.2) is 0 Å². The lowest BCUT2D eigenvalue weighted by atomic mass is 10.1. The molecule has 98 valence electrons. The van der Waals surface area contributed by atoms with Crippen LogP contribution in [0.5, 0.6) is 0 Å². The standard InChI is InChI=1S/C11H17ClN6/c1-11(2,3)18(7-5-6-13)10-16-8(12)15-9(14-4)17-10/h5,7H2,1-4H3,(H,14,15,16,17). The van der Waals surface area contributed by atoms with E-state index in [-0.39, 0.29) is 10.8 Å². The van der Waals surface area contributed by atoms with Gasteiger partial charge in [-0.2, -0.15) is 20.2 Å². The molecule has 0 saturated heterocycles. The van der Waals surface area contributed by atoms with Crippen LogP contribution >= 0.6 is 11.6 Å². The monoisotopic (exact) mass is 268 g/mol. The fourth-order valence-electron chi connectivity index (χ4n) is 1.47. The molecule has 0 spiro atoms. The summed E-state index contributed by atoms with van der Waals surface area (Å²) in [5.41, 5.74) is -0.202. The highest BCUT2D eigenvalue weighted by Gasteiger charge is 2.24. The first-order chi connectivity index (χ1) is 8.38. The van der Waals surface area contributed by atoms with Crippen LogP contribution in [0.1, 0.15) is 27.2 Å². The molecule has 1 N–H and O–H groups in total. The molecule has 0 aliphatic rings. The van der Waals surface area contributed by atoms with Gasteiger partial charge in [0.15, 0.2) is 0 Å². The van der Waals surface area contributed by atoms with Crippen molar-refractivity contribution in [2.75, 3.05) is 23.8 Å². The molecule has 1 aromatic heterocycles. The van der Waals surface area contributed by atoms with Crippen molar-refractivity contribution in [3.8, 4) is 6.07 Å². The second-order valence-corrected chi connectivity index (χ2v) is 5.05. The molecule has 7 heteroatoms. The second kappa shape index (κ2) is 5.83. The average molecular weight is 269 g/mol. The predicted octanol–water partition coefficient (Wildman–Crippen LogP) is 2.09. The van der Waals surface area contributed by atoms with E-state index >= 15 is 0 Å². The quantitative estimate of drug-likeness (QED) is 0.901. The predicted molar refractivity (Wildman–Crippen MR) is 71.7 cm³/mol. The Hall–Kier alpha value is -1.61. The van der Waals surface area contributed by atoms with Crippen LogP contribution in [-0.2, 0) is 0 Å². The maximum atomic E-state index is 8.71. The summed E-state index contributed by atoms with van der Waals surface area (Å²) in [4.78, 5) is 14.3. The summed E-state index contributed by atoms with van der Waals surface area (Å²) in [7, 11) is 1.71. The van der Waals surface area contributed by atoms with E-state index in [0.717, 1.165) is 0 Å². The van der Waals surface area contributed by atoms with E-state index < -0.39 is 0 Å². The molecule has 1 aromatic rings. The molecule has 0 fully saturated rings. The van der Waals surface area contributed by atoms with Crippen molar-refractivity contribution >= 4 is 23.5 Å². The zero-order valence-electron chi connectivity index (χ0n) is 11.0. The Labute approximate surface area is 112 Å². The lowest BCUT2D eigenvalue weighted by Gasteiger charge is -2.35. The van der Waals surface area contributed by atoms with Crippen molar-refractivity contribution in [2.45, 2.75) is 32.7 Å². The molecule has 0 unspecified atom stereocenters. The normalized spacial score (nSPS) is 10.9. The zero-order chi connectivity index (χ0) is 13.8. The number of hydrogen-bond acceptors (Lipinski definition) is 6. The topological polar surface area (TPSA) is 77.7 Å². The van der Waals surface area contributed by atoms with Crippen molar-refractivity contribution in [2.24, 2.45) is 0 Å². The lowest BCUT2D eigenvalue weighted by Crippen LogP contribution is -2.43. The van der Waals surface area contributed by atoms with Crippen LogP contribution in [0.15, 0.2) is 0 Å². The number of nitrogens with one attached hydrogen (secondary N) is 1. The summed E-state index contributed by atoms with van der Waals surface area (Å²) in [5, 5.41) is 11.7. The van der Waals surface area contributed by atoms with Crippen molar-refractivity contribution in [1.29, 1.82) is 5.26 Å². The summed E-state index contributed by atoms with van der Waals surface area (Å²) >= 11 is 5.86. The maximum absolute atomic E-state index is 8.71. The highest BCUT2D eigenvalue weighted by atomic mass is 35.5. The van der Waals surface area contributed by atoms with E-state index in [2.05, 4.69) is 26.3 Å². The summed E-state index contributed by atoms with van der Waals surface area (Å²) < 4.78 is 0. The molecule has 18 heavy (non-hydrogen) atoms. The third kappa shape index (κ3) is 3.70. The van der Waals surface area contributed by atoms with Crippen LogP contribution in [0, 0.1) is 11.3 Å². The van der Waals surface area contributed by atoms with Crippen LogP contribution in [0.2, 0.25) is 5.28 Å². The molecule has 0 amide bonds. The van der Waals surface area contributed by atoms with E-state index in [1.165, 1.54) is 0 Å². The van der Waals surface area contributed by atoms with Gasteiger partial charge in [0.1, 0.15) is 0 Å². The van der Waals surface area contributed by atoms with Crippen LogP contribution < -0.4 is 10.2 Å². The Morgan fingerprint density at radius 3 is 2.50 bits per heavy atom. The Morgan fingerprint density at radius 1 is 1.33 bits per heavy atom. The number of halogens is 1. The molecular weight excluding hydrogens is 252 g/mol. The van der Waals surface area contributed by atoms with Gasteiger partial charge in [0.2, 0.25) is 17.2 Å². The Balaban J connectivity index is 3.12. The number of nitriles is 1. The molecule has 6 nitrogen and oxygen atoms in total. The van der Waals surface area contributed by atoms with E-state index in [0.29, 0.717) is 24.9 Å². The molecule has 0 saturated carbocycles. The SMILES string of the molecule is CNc1nc(Cl)nc(N(CCC#N)C(C)(C)C)n1. The lowest BCUT2D eigenvalue weighted by molar-refractivity contribution is 0.495. The van der Waals surface area contributed by atoms with Gasteiger partial charge in [0.05, 0.1) is 12.5 Å². The minimum Gasteiger partial charge on any atom is -0.357 e. The first-order valence-electron chi connectivity index (χ1n) is 5.62. The van der Waals surface area contributed by atoms with Gasteiger partial charge < -0.3 is 10.2 Å². The van der Waals surface area contributed by atoms with Gasteiger partial charge >= 0.3 is 0 Å². The maximum Gasteiger partial charge on any atom is 0.231 e. The third-order valence-corrected chi connectivity index (χ3v) is 2.49. The number of rotatable bonds is 4. The Bertz CT molecular complexity index is 448. The highest BCUT2D eigenvalue weighted by Crippen LogP contribution is 2.22. The van der Waals surface area contributed by atoms with Gasteiger partial charge in [-0.1, -0.05) is 0 Å². The number of anilines is 2. The zero-order valence-corrected chi connectivity index (χ0v) is 11.8. The van der Waals surface area contributed by atoms with Crippen molar-refractivity contribution in [3.05, 3.63) is 5.28 Å². The van der Waals surface area contributed by atoms with Gasteiger partial charge in [-0.15, -0.1) is 0 Å². The molecule has 0 aromatic carbocycles. The average Bonchev–Trinajstić information content (AvgIpc) is 2.27.